The van der Waals surface area contributed by atoms with Gasteiger partial charge in [0.25, 0.3) is 0 Å². The minimum atomic E-state index is -0.477. The molecule has 33 heavy (non-hydrogen) atoms. The number of ether oxygens (including phenoxy) is 1. The third kappa shape index (κ3) is 4.28. The number of rotatable bonds is 6. The Morgan fingerprint density at radius 1 is 1.15 bits per heavy atom. The highest BCUT2D eigenvalue weighted by Crippen LogP contribution is 2.43. The second-order valence-electron chi connectivity index (χ2n) is 8.28. The molecule has 0 radical (unpaired) electrons. The minimum absolute atomic E-state index is 0.154. The number of aryl methyl sites for hydroxylation is 2. The molecule has 2 N–H and O–H groups in total. The van der Waals surface area contributed by atoms with Crippen LogP contribution in [0.15, 0.2) is 48.7 Å². The van der Waals surface area contributed by atoms with Gasteiger partial charge in [0.05, 0.1) is 6.07 Å². The monoisotopic (exact) mass is 439 g/mol. The van der Waals surface area contributed by atoms with Gasteiger partial charge in [-0.05, 0) is 73.1 Å². The molecule has 0 amide bonds. The molecule has 2 heterocycles. The Balaban J connectivity index is 1.48. The van der Waals surface area contributed by atoms with Crippen molar-refractivity contribution in [3.05, 3.63) is 76.7 Å². The van der Waals surface area contributed by atoms with Gasteiger partial charge in [-0.3, -0.25) is 0 Å². The van der Waals surface area contributed by atoms with Crippen LogP contribution in [0.1, 0.15) is 41.0 Å². The molecule has 1 saturated carbocycles. The van der Waals surface area contributed by atoms with Crippen LogP contribution >= 0.6 is 0 Å². The second-order valence-corrected chi connectivity index (χ2v) is 8.28. The summed E-state index contributed by atoms with van der Waals surface area (Å²) in [4.78, 5) is 11.7. The zero-order chi connectivity index (χ0) is 22.9. The molecule has 0 spiro atoms. The first-order valence-corrected chi connectivity index (χ1v) is 10.8. The number of anilines is 2. The first-order chi connectivity index (χ1) is 16.0. The van der Waals surface area contributed by atoms with Crippen LogP contribution in [-0.2, 0) is 0 Å². The Morgan fingerprint density at radius 3 is 2.55 bits per heavy atom. The lowest BCUT2D eigenvalue weighted by atomic mass is 10.0. The quantitative estimate of drug-likeness (QED) is 0.328. The summed E-state index contributed by atoms with van der Waals surface area (Å²) in [7, 11) is 0. The lowest BCUT2D eigenvalue weighted by Gasteiger charge is -2.14. The number of H-pyrrole nitrogens is 1. The van der Waals surface area contributed by atoms with E-state index in [2.05, 4.69) is 32.4 Å². The number of fused-ring (bicyclic) bond motifs is 1. The summed E-state index contributed by atoms with van der Waals surface area (Å²) in [6, 6.07) is 13.7. The van der Waals surface area contributed by atoms with E-state index < -0.39 is 5.82 Å². The molecule has 0 atom stereocenters. The lowest BCUT2D eigenvalue weighted by molar-refractivity contribution is 0.460. The summed E-state index contributed by atoms with van der Waals surface area (Å²) in [6.45, 7) is 4.03. The van der Waals surface area contributed by atoms with Crippen LogP contribution in [0, 0.1) is 31.0 Å². The molecule has 2 aromatic heterocycles. The molecule has 2 aromatic carbocycles. The Kier molecular flexibility index (Phi) is 5.27. The maximum Gasteiger partial charge on any atom is 0.248 e. The number of nitrogens with one attached hydrogen (secondary N) is 2. The summed E-state index contributed by atoms with van der Waals surface area (Å²) in [5, 5.41) is 11.8. The van der Waals surface area contributed by atoms with E-state index in [1.54, 1.807) is 6.08 Å². The van der Waals surface area contributed by atoms with Crippen molar-refractivity contribution >= 4 is 28.7 Å². The van der Waals surface area contributed by atoms with E-state index >= 15 is 0 Å². The van der Waals surface area contributed by atoms with Crippen molar-refractivity contribution in [3.8, 4) is 17.7 Å². The van der Waals surface area contributed by atoms with Crippen molar-refractivity contribution in [2.45, 2.75) is 32.6 Å². The number of nitrogens with zero attached hydrogens (tertiary/aromatic N) is 3. The molecule has 0 unspecified atom stereocenters. The van der Waals surface area contributed by atoms with Crippen LogP contribution in [0.4, 0.5) is 16.0 Å². The van der Waals surface area contributed by atoms with Crippen LogP contribution in [-0.4, -0.2) is 15.0 Å². The maximum absolute atomic E-state index is 14.4. The second kappa shape index (κ2) is 8.40. The Morgan fingerprint density at radius 2 is 1.88 bits per heavy atom. The summed E-state index contributed by atoms with van der Waals surface area (Å²) in [5.41, 5.74) is 5.55. The van der Waals surface area contributed by atoms with Crippen LogP contribution in [0.3, 0.4) is 0 Å². The van der Waals surface area contributed by atoms with Crippen molar-refractivity contribution in [2.24, 2.45) is 0 Å². The Hall–Kier alpha value is -4.18. The largest absolute Gasteiger partial charge is 0.436 e. The molecular weight excluding hydrogens is 417 g/mol. The van der Waals surface area contributed by atoms with Gasteiger partial charge in [0, 0.05) is 18.0 Å². The first-order valence-electron chi connectivity index (χ1n) is 10.8. The predicted molar refractivity (Wildman–Crippen MR) is 126 cm³/mol. The molecule has 0 saturated heterocycles. The molecule has 5 rings (SSSR count). The number of hydrogen-bond acceptors (Lipinski definition) is 5. The number of hydrogen-bond donors (Lipinski definition) is 2. The maximum atomic E-state index is 14.4. The van der Waals surface area contributed by atoms with Gasteiger partial charge in [-0.25, -0.2) is 9.37 Å². The van der Waals surface area contributed by atoms with E-state index in [-0.39, 0.29) is 17.3 Å². The van der Waals surface area contributed by atoms with E-state index in [0.717, 1.165) is 22.4 Å². The topological polar surface area (TPSA) is 86.6 Å². The Labute approximate surface area is 190 Å². The zero-order valence-corrected chi connectivity index (χ0v) is 18.3. The van der Waals surface area contributed by atoms with Crippen molar-refractivity contribution in [1.82, 2.24) is 15.0 Å². The van der Waals surface area contributed by atoms with Crippen LogP contribution in [0.2, 0.25) is 0 Å². The standard InChI is InChI=1S/C26H22FN5O/c1-15-12-19(18-7-8-18)13-16(2)24(15)33-25-23-22(21(27)14-29-23)31-26(32-25)30-20-9-5-17(6-10-20)4-3-11-28/h3-6,9-10,12-14,18,29H,7-8H2,1-2H3,(H,30,31,32)/b4-3+. The molecule has 0 aliphatic heterocycles. The third-order valence-electron chi connectivity index (χ3n) is 5.69. The fourth-order valence-electron chi connectivity index (χ4n) is 3.91. The van der Waals surface area contributed by atoms with E-state index in [1.807, 2.05) is 44.2 Å². The Bertz CT molecular complexity index is 1390. The number of nitriles is 1. The zero-order valence-electron chi connectivity index (χ0n) is 18.3. The van der Waals surface area contributed by atoms with Gasteiger partial charge in [-0.1, -0.05) is 24.3 Å². The highest BCUT2D eigenvalue weighted by Gasteiger charge is 2.25. The fraction of sp³-hybridized carbons (Fsp3) is 0.192. The highest BCUT2D eigenvalue weighted by molar-refractivity contribution is 5.82. The summed E-state index contributed by atoms with van der Waals surface area (Å²) in [6.07, 6.45) is 6.85. The van der Waals surface area contributed by atoms with E-state index in [0.29, 0.717) is 17.2 Å². The number of benzene rings is 2. The number of allylic oxidation sites excluding steroid dienone is 1. The van der Waals surface area contributed by atoms with Crippen molar-refractivity contribution < 1.29 is 9.13 Å². The average Bonchev–Trinajstić information content (AvgIpc) is 3.59. The van der Waals surface area contributed by atoms with Gasteiger partial charge in [0.15, 0.2) is 5.82 Å². The van der Waals surface area contributed by atoms with Crippen molar-refractivity contribution in [2.75, 3.05) is 5.32 Å². The molecule has 4 aromatic rings. The highest BCUT2D eigenvalue weighted by atomic mass is 19.1. The summed E-state index contributed by atoms with van der Waals surface area (Å²) < 4.78 is 20.7. The molecule has 6 nitrogen and oxygen atoms in total. The predicted octanol–water partition coefficient (Wildman–Crippen LogP) is 6.66. The molecule has 7 heteroatoms. The molecule has 1 fully saturated rings. The van der Waals surface area contributed by atoms with Crippen LogP contribution < -0.4 is 10.1 Å². The van der Waals surface area contributed by atoms with Gasteiger partial charge in [-0.15, -0.1) is 0 Å². The van der Waals surface area contributed by atoms with Gasteiger partial charge in [-0.2, -0.15) is 10.2 Å². The molecule has 0 bridgehead atoms. The first kappa shape index (κ1) is 20.7. The van der Waals surface area contributed by atoms with Gasteiger partial charge in [0.2, 0.25) is 11.8 Å². The number of aromatic amines is 1. The SMILES string of the molecule is Cc1cc(C2CC2)cc(C)c1Oc1nc(Nc2ccc(/C=C/C#N)cc2)nc2c(F)c[nH]c12. The smallest absolute Gasteiger partial charge is 0.248 e. The average molecular weight is 439 g/mol. The van der Waals surface area contributed by atoms with E-state index in [4.69, 9.17) is 10.00 Å². The van der Waals surface area contributed by atoms with E-state index in [9.17, 15) is 4.39 Å². The molecule has 1 aliphatic carbocycles. The normalized spacial score (nSPS) is 13.4. The summed E-state index contributed by atoms with van der Waals surface area (Å²) in [5.74, 6) is 1.37. The number of aromatic nitrogens is 3. The molecule has 1 aliphatic rings. The van der Waals surface area contributed by atoms with Crippen LogP contribution in [0.25, 0.3) is 17.1 Å². The van der Waals surface area contributed by atoms with E-state index in [1.165, 1.54) is 30.7 Å². The van der Waals surface area contributed by atoms with Crippen molar-refractivity contribution in [3.63, 3.8) is 0 Å². The fourth-order valence-corrected chi connectivity index (χ4v) is 3.91. The van der Waals surface area contributed by atoms with Gasteiger partial charge >= 0.3 is 0 Å². The van der Waals surface area contributed by atoms with Crippen molar-refractivity contribution in [1.29, 1.82) is 5.26 Å². The molecular formula is C26H22FN5O. The third-order valence-corrected chi connectivity index (χ3v) is 5.69. The number of halogens is 1. The molecule has 164 valence electrons. The summed E-state index contributed by atoms with van der Waals surface area (Å²) >= 11 is 0. The lowest BCUT2D eigenvalue weighted by Crippen LogP contribution is -2.01. The minimum Gasteiger partial charge on any atom is -0.436 e. The van der Waals surface area contributed by atoms with Crippen LogP contribution in [0.5, 0.6) is 11.6 Å². The van der Waals surface area contributed by atoms with Gasteiger partial charge in [0.1, 0.15) is 16.8 Å². The van der Waals surface area contributed by atoms with Gasteiger partial charge < -0.3 is 15.0 Å².